The molecule has 1 N–H and O–H groups in total. The van der Waals surface area contributed by atoms with Gasteiger partial charge in [0.05, 0.1) is 23.3 Å². The summed E-state index contributed by atoms with van der Waals surface area (Å²) in [5, 5.41) is 3.57. The second kappa shape index (κ2) is 5.74. The number of para-hydroxylation sites is 2. The van der Waals surface area contributed by atoms with Gasteiger partial charge in [-0.3, -0.25) is 0 Å². The van der Waals surface area contributed by atoms with Crippen molar-refractivity contribution in [2.45, 2.75) is 20.0 Å². The van der Waals surface area contributed by atoms with E-state index < -0.39 is 0 Å². The van der Waals surface area contributed by atoms with Crippen molar-refractivity contribution in [1.82, 2.24) is 9.55 Å². The molecule has 0 spiro atoms. The number of anilines is 1. The van der Waals surface area contributed by atoms with Gasteiger partial charge in [0.15, 0.2) is 0 Å². The van der Waals surface area contributed by atoms with Crippen LogP contribution in [-0.2, 0) is 13.1 Å². The van der Waals surface area contributed by atoms with E-state index >= 15 is 0 Å². The van der Waals surface area contributed by atoms with Gasteiger partial charge >= 0.3 is 0 Å². The molecule has 0 aliphatic heterocycles. The number of imidazole rings is 1. The maximum absolute atomic E-state index is 13.7. The van der Waals surface area contributed by atoms with Gasteiger partial charge in [0.2, 0.25) is 0 Å². The fourth-order valence-electron chi connectivity index (χ4n) is 2.42. The van der Waals surface area contributed by atoms with Crippen LogP contribution in [-0.4, -0.2) is 9.55 Å². The molecule has 108 valence electrons. The van der Waals surface area contributed by atoms with E-state index in [1.165, 1.54) is 12.1 Å². The van der Waals surface area contributed by atoms with E-state index in [0.717, 1.165) is 23.4 Å². The van der Waals surface area contributed by atoms with Crippen molar-refractivity contribution in [3.63, 3.8) is 0 Å². The molecule has 0 saturated heterocycles. The second-order valence-corrected chi connectivity index (χ2v) is 5.18. The number of benzene rings is 2. The average Bonchev–Trinajstić information content (AvgIpc) is 2.85. The molecule has 5 heteroatoms. The number of halogens is 2. The number of fused-ring (bicyclic) bond motifs is 1. The highest BCUT2D eigenvalue weighted by Crippen LogP contribution is 2.21. The molecule has 3 aromatic rings. The summed E-state index contributed by atoms with van der Waals surface area (Å²) < 4.78 is 15.8. The maximum atomic E-state index is 13.7. The quantitative estimate of drug-likeness (QED) is 0.771. The monoisotopic (exact) mass is 303 g/mol. The minimum Gasteiger partial charge on any atom is -0.375 e. The lowest BCUT2D eigenvalue weighted by Gasteiger charge is -2.09. The van der Waals surface area contributed by atoms with Crippen LogP contribution < -0.4 is 5.32 Å². The molecule has 0 fully saturated rings. The van der Waals surface area contributed by atoms with E-state index in [2.05, 4.69) is 21.8 Å². The Balaban J connectivity index is 1.89. The molecule has 0 unspecified atom stereocenters. The van der Waals surface area contributed by atoms with Gasteiger partial charge in [0.25, 0.3) is 0 Å². The number of aryl methyl sites for hydroxylation is 1. The normalized spacial score (nSPS) is 11.0. The third-order valence-electron chi connectivity index (χ3n) is 3.42. The number of nitrogens with one attached hydrogen (secondary N) is 1. The number of hydrogen-bond acceptors (Lipinski definition) is 2. The number of nitrogens with zero attached hydrogens (tertiary/aromatic N) is 2. The summed E-state index contributed by atoms with van der Waals surface area (Å²) in [5.41, 5.74) is 2.42. The lowest BCUT2D eigenvalue weighted by Crippen LogP contribution is -2.08. The van der Waals surface area contributed by atoms with Gasteiger partial charge in [-0.1, -0.05) is 23.7 Å². The highest BCUT2D eigenvalue weighted by Gasteiger charge is 2.10. The molecule has 3 nitrogen and oxygen atoms in total. The summed E-state index contributed by atoms with van der Waals surface area (Å²) in [6, 6.07) is 12.4. The van der Waals surface area contributed by atoms with Crippen molar-refractivity contribution in [2.24, 2.45) is 0 Å². The molecule has 0 radical (unpaired) electrons. The van der Waals surface area contributed by atoms with Crippen LogP contribution in [0.3, 0.4) is 0 Å². The van der Waals surface area contributed by atoms with Crippen molar-refractivity contribution >= 4 is 28.3 Å². The van der Waals surface area contributed by atoms with Crippen molar-refractivity contribution in [3.8, 4) is 0 Å². The number of aromatic nitrogens is 2. The van der Waals surface area contributed by atoms with Crippen LogP contribution in [0.15, 0.2) is 42.5 Å². The summed E-state index contributed by atoms with van der Waals surface area (Å²) in [5.74, 6) is 0.552. The van der Waals surface area contributed by atoms with E-state index in [-0.39, 0.29) is 5.82 Å². The second-order valence-electron chi connectivity index (χ2n) is 4.74. The zero-order valence-electron chi connectivity index (χ0n) is 11.6. The van der Waals surface area contributed by atoms with Crippen molar-refractivity contribution in [3.05, 3.63) is 59.1 Å². The van der Waals surface area contributed by atoms with E-state index in [4.69, 9.17) is 11.6 Å². The predicted molar refractivity (Wildman–Crippen MR) is 84.1 cm³/mol. The molecule has 1 heterocycles. The standard InChI is InChI=1S/C16H15ClFN3/c1-2-21-15-6-4-3-5-13(15)20-16(21)10-19-14-9-11(17)7-8-12(14)18/h3-9,19H,2,10H2,1H3. The third kappa shape index (κ3) is 2.72. The fourth-order valence-corrected chi connectivity index (χ4v) is 2.59. The van der Waals surface area contributed by atoms with Gasteiger partial charge in [0, 0.05) is 11.6 Å². The van der Waals surface area contributed by atoms with Gasteiger partial charge in [-0.15, -0.1) is 0 Å². The average molecular weight is 304 g/mol. The van der Waals surface area contributed by atoms with Gasteiger partial charge in [0.1, 0.15) is 11.6 Å². The Morgan fingerprint density at radius 3 is 2.86 bits per heavy atom. The van der Waals surface area contributed by atoms with E-state index in [9.17, 15) is 4.39 Å². The highest BCUT2D eigenvalue weighted by atomic mass is 35.5. The third-order valence-corrected chi connectivity index (χ3v) is 3.65. The summed E-state index contributed by atoms with van der Waals surface area (Å²) in [6.45, 7) is 3.33. The molecule has 2 aromatic carbocycles. The fraction of sp³-hybridized carbons (Fsp3) is 0.188. The van der Waals surface area contributed by atoms with Crippen molar-refractivity contribution in [1.29, 1.82) is 0 Å². The lowest BCUT2D eigenvalue weighted by molar-refractivity contribution is 0.629. The van der Waals surface area contributed by atoms with Crippen LogP contribution >= 0.6 is 11.6 Å². The van der Waals surface area contributed by atoms with Gasteiger partial charge in [-0.05, 0) is 37.3 Å². The first-order chi connectivity index (χ1) is 10.2. The topological polar surface area (TPSA) is 29.9 Å². The molecule has 0 aliphatic carbocycles. The Bertz CT molecular complexity index is 782. The maximum Gasteiger partial charge on any atom is 0.146 e. The Hall–Kier alpha value is -2.07. The van der Waals surface area contributed by atoms with Crippen LogP contribution in [0.4, 0.5) is 10.1 Å². The minimum atomic E-state index is -0.321. The first kappa shape index (κ1) is 13.9. The molecule has 0 bridgehead atoms. The minimum absolute atomic E-state index is 0.321. The Morgan fingerprint density at radius 2 is 2.05 bits per heavy atom. The number of hydrogen-bond donors (Lipinski definition) is 1. The Kier molecular flexibility index (Phi) is 3.80. The van der Waals surface area contributed by atoms with Crippen molar-refractivity contribution < 1.29 is 4.39 Å². The van der Waals surface area contributed by atoms with Crippen LogP contribution in [0, 0.1) is 5.82 Å². The van der Waals surface area contributed by atoms with E-state index in [1.807, 2.05) is 24.3 Å². The summed E-state index contributed by atoms with van der Waals surface area (Å²) >= 11 is 5.89. The number of rotatable bonds is 4. The SMILES string of the molecule is CCn1c(CNc2cc(Cl)ccc2F)nc2ccccc21. The zero-order valence-corrected chi connectivity index (χ0v) is 12.4. The Labute approximate surface area is 127 Å². The molecule has 21 heavy (non-hydrogen) atoms. The van der Waals surface area contributed by atoms with Crippen LogP contribution in [0.5, 0.6) is 0 Å². The largest absolute Gasteiger partial charge is 0.375 e. The molecular formula is C16H15ClFN3. The summed E-state index contributed by atoms with van der Waals surface area (Å²) in [4.78, 5) is 4.60. The van der Waals surface area contributed by atoms with Crippen LogP contribution in [0.1, 0.15) is 12.7 Å². The molecule has 0 saturated carbocycles. The molecule has 0 amide bonds. The van der Waals surface area contributed by atoms with E-state index in [0.29, 0.717) is 17.3 Å². The molecule has 1 aromatic heterocycles. The zero-order chi connectivity index (χ0) is 14.8. The molecular weight excluding hydrogens is 289 g/mol. The lowest BCUT2D eigenvalue weighted by atomic mass is 10.3. The van der Waals surface area contributed by atoms with Crippen LogP contribution in [0.25, 0.3) is 11.0 Å². The highest BCUT2D eigenvalue weighted by molar-refractivity contribution is 6.30. The van der Waals surface area contributed by atoms with Gasteiger partial charge in [-0.25, -0.2) is 9.37 Å². The van der Waals surface area contributed by atoms with Gasteiger partial charge < -0.3 is 9.88 Å². The first-order valence-corrected chi connectivity index (χ1v) is 7.20. The first-order valence-electron chi connectivity index (χ1n) is 6.82. The molecule has 0 aliphatic rings. The molecule has 0 atom stereocenters. The van der Waals surface area contributed by atoms with Crippen molar-refractivity contribution in [2.75, 3.05) is 5.32 Å². The van der Waals surface area contributed by atoms with Gasteiger partial charge in [-0.2, -0.15) is 0 Å². The summed E-state index contributed by atoms with van der Waals surface area (Å²) in [7, 11) is 0. The smallest absolute Gasteiger partial charge is 0.146 e. The van der Waals surface area contributed by atoms with Crippen LogP contribution in [0.2, 0.25) is 5.02 Å². The Morgan fingerprint density at radius 1 is 1.24 bits per heavy atom. The predicted octanol–water partition coefficient (Wildman–Crippen LogP) is 4.46. The van der Waals surface area contributed by atoms with E-state index in [1.54, 1.807) is 6.07 Å². The summed E-state index contributed by atoms with van der Waals surface area (Å²) in [6.07, 6.45) is 0. The molecule has 3 rings (SSSR count).